The van der Waals surface area contributed by atoms with Crippen LogP contribution in [-0.2, 0) is 9.22 Å². The van der Waals surface area contributed by atoms with Gasteiger partial charge in [0.2, 0.25) is 0 Å². The lowest BCUT2D eigenvalue weighted by Gasteiger charge is -2.48. The summed E-state index contributed by atoms with van der Waals surface area (Å²) >= 11 is 0. The Balaban J connectivity index is 2.10. The van der Waals surface area contributed by atoms with E-state index in [0.717, 1.165) is 23.6 Å². The molecule has 3 rings (SSSR count). The van der Waals surface area contributed by atoms with E-state index in [1.165, 1.54) is 5.57 Å². The number of fused-ring (bicyclic) bond motifs is 1. The Hall–Kier alpha value is -1.45. The molecule has 2 aliphatic rings. The molecule has 0 radical (unpaired) electrons. The van der Waals surface area contributed by atoms with E-state index in [4.69, 9.17) is 4.43 Å². The van der Waals surface area contributed by atoms with Gasteiger partial charge < -0.3 is 4.43 Å². The van der Waals surface area contributed by atoms with Gasteiger partial charge in [-0.3, -0.25) is 4.79 Å². The third kappa shape index (κ3) is 3.09. The first-order chi connectivity index (χ1) is 11.9. The third-order valence-electron chi connectivity index (χ3n) is 6.11. The number of ketones is 1. The molecule has 1 saturated heterocycles. The summed E-state index contributed by atoms with van der Waals surface area (Å²) in [5, 5.41) is 0. The van der Waals surface area contributed by atoms with Crippen molar-refractivity contribution >= 4 is 19.7 Å². The number of hydrogen-bond donors (Lipinski definition) is 0. The van der Waals surface area contributed by atoms with Crippen LogP contribution in [0.4, 0.5) is 0 Å². The van der Waals surface area contributed by atoms with Crippen LogP contribution in [0.25, 0.3) is 5.57 Å². The highest BCUT2D eigenvalue weighted by atomic mass is 28.4. The van der Waals surface area contributed by atoms with Crippen molar-refractivity contribution in [3.63, 3.8) is 0 Å². The standard InChI is InChI=1S/C22H30O2Si/c1-6-10-20-22-18(14-25(24-20,15(2)3)16(4)5)13-19(23)21(22)17-11-8-7-9-12-17/h6-9,11-12,15-16,18,20H,1,10,13-14H2,2-5H3/t18-,20-/m1/s1. The van der Waals surface area contributed by atoms with Crippen molar-refractivity contribution in [2.45, 2.75) is 63.8 Å². The molecule has 2 nitrogen and oxygen atoms in total. The van der Waals surface area contributed by atoms with Crippen LogP contribution >= 0.6 is 0 Å². The van der Waals surface area contributed by atoms with Gasteiger partial charge in [-0.2, -0.15) is 0 Å². The number of rotatable bonds is 5. The highest BCUT2D eigenvalue weighted by molar-refractivity contribution is 6.76. The molecule has 1 aromatic rings. The van der Waals surface area contributed by atoms with Gasteiger partial charge in [0.05, 0.1) is 6.10 Å². The van der Waals surface area contributed by atoms with E-state index in [2.05, 4.69) is 46.4 Å². The summed E-state index contributed by atoms with van der Waals surface area (Å²) in [6.07, 6.45) is 3.43. The normalized spacial score (nSPS) is 25.6. The smallest absolute Gasteiger partial charge is 0.199 e. The van der Waals surface area contributed by atoms with Crippen molar-refractivity contribution in [2.24, 2.45) is 5.92 Å². The molecule has 1 aromatic carbocycles. The summed E-state index contributed by atoms with van der Waals surface area (Å²) in [5.41, 5.74) is 4.33. The molecule has 25 heavy (non-hydrogen) atoms. The molecule has 0 bridgehead atoms. The van der Waals surface area contributed by atoms with Gasteiger partial charge in [-0.05, 0) is 40.6 Å². The average Bonchev–Trinajstić information content (AvgIpc) is 2.91. The molecular formula is C22H30O2Si. The molecule has 2 atom stereocenters. The van der Waals surface area contributed by atoms with E-state index >= 15 is 0 Å². The first kappa shape index (κ1) is 18.3. The number of carbonyl (C=O) groups excluding carboxylic acids is 1. The van der Waals surface area contributed by atoms with Crippen LogP contribution in [0, 0.1) is 5.92 Å². The fourth-order valence-corrected chi connectivity index (χ4v) is 9.64. The molecule has 1 aliphatic carbocycles. The Kier molecular flexibility index (Phi) is 5.17. The molecule has 0 N–H and O–H groups in total. The van der Waals surface area contributed by atoms with Crippen molar-refractivity contribution in [3.8, 4) is 0 Å². The van der Waals surface area contributed by atoms with Crippen LogP contribution in [0.2, 0.25) is 17.1 Å². The van der Waals surface area contributed by atoms with E-state index in [1.54, 1.807) is 0 Å². The summed E-state index contributed by atoms with van der Waals surface area (Å²) in [6.45, 7) is 13.2. The molecule has 0 aromatic heterocycles. The van der Waals surface area contributed by atoms with Crippen LogP contribution < -0.4 is 0 Å². The molecule has 134 valence electrons. The van der Waals surface area contributed by atoms with Crippen molar-refractivity contribution in [1.82, 2.24) is 0 Å². The lowest BCUT2D eigenvalue weighted by Crippen LogP contribution is -2.53. The van der Waals surface area contributed by atoms with Gasteiger partial charge in [0.25, 0.3) is 0 Å². The highest BCUT2D eigenvalue weighted by Gasteiger charge is 2.53. The lowest BCUT2D eigenvalue weighted by molar-refractivity contribution is -0.113. The molecule has 0 amide bonds. The van der Waals surface area contributed by atoms with Crippen LogP contribution in [0.5, 0.6) is 0 Å². The minimum atomic E-state index is -1.92. The maximum Gasteiger partial charge on any atom is 0.199 e. The zero-order valence-electron chi connectivity index (χ0n) is 15.9. The quantitative estimate of drug-likeness (QED) is 0.495. The number of allylic oxidation sites excluding steroid dienone is 1. The van der Waals surface area contributed by atoms with Gasteiger partial charge in [-0.25, -0.2) is 0 Å². The zero-order valence-corrected chi connectivity index (χ0v) is 16.9. The third-order valence-corrected chi connectivity index (χ3v) is 11.9. The van der Waals surface area contributed by atoms with Gasteiger partial charge in [-0.15, -0.1) is 6.58 Å². The number of benzene rings is 1. The van der Waals surface area contributed by atoms with Crippen molar-refractivity contribution in [3.05, 3.63) is 54.1 Å². The zero-order chi connectivity index (χ0) is 18.2. The van der Waals surface area contributed by atoms with Gasteiger partial charge >= 0.3 is 0 Å². The maximum atomic E-state index is 12.9. The van der Waals surface area contributed by atoms with Crippen molar-refractivity contribution < 1.29 is 9.22 Å². The Morgan fingerprint density at radius 1 is 1.20 bits per heavy atom. The summed E-state index contributed by atoms with van der Waals surface area (Å²) in [7, 11) is -1.92. The molecule has 1 aliphatic heterocycles. The van der Waals surface area contributed by atoms with Crippen LogP contribution in [-0.4, -0.2) is 20.2 Å². The fraction of sp³-hybridized carbons (Fsp3) is 0.500. The predicted octanol–water partition coefficient (Wildman–Crippen LogP) is 5.77. The summed E-state index contributed by atoms with van der Waals surface area (Å²) in [6, 6.07) is 11.2. The van der Waals surface area contributed by atoms with Crippen LogP contribution in [0.1, 0.15) is 46.1 Å². The maximum absolute atomic E-state index is 12.9. The van der Waals surface area contributed by atoms with Gasteiger partial charge in [0, 0.05) is 12.0 Å². The summed E-state index contributed by atoms with van der Waals surface area (Å²) in [4.78, 5) is 12.9. The molecule has 1 heterocycles. The molecule has 1 fully saturated rings. The largest absolute Gasteiger partial charge is 0.409 e. The first-order valence-corrected chi connectivity index (χ1v) is 11.8. The van der Waals surface area contributed by atoms with Crippen LogP contribution in [0.3, 0.4) is 0 Å². The van der Waals surface area contributed by atoms with E-state index in [9.17, 15) is 4.79 Å². The Morgan fingerprint density at radius 3 is 2.40 bits per heavy atom. The monoisotopic (exact) mass is 354 g/mol. The SMILES string of the molecule is C=CC[C@H]1O[Si](C(C)C)(C(C)C)C[C@H]2CC(=O)C(c3ccccc3)=C21. The molecular weight excluding hydrogens is 324 g/mol. The van der Waals surface area contributed by atoms with E-state index < -0.39 is 8.32 Å². The Bertz CT molecular complexity index is 679. The van der Waals surface area contributed by atoms with E-state index in [0.29, 0.717) is 29.2 Å². The second kappa shape index (κ2) is 7.04. The second-order valence-electron chi connectivity index (χ2n) is 8.12. The number of Topliss-reactive ketones (excluding diaryl/α,β-unsaturated/α-hetero) is 1. The highest BCUT2D eigenvalue weighted by Crippen LogP contribution is 2.53. The van der Waals surface area contributed by atoms with E-state index in [1.807, 2.05) is 24.3 Å². The van der Waals surface area contributed by atoms with E-state index in [-0.39, 0.29) is 6.10 Å². The van der Waals surface area contributed by atoms with Crippen molar-refractivity contribution in [1.29, 1.82) is 0 Å². The van der Waals surface area contributed by atoms with Crippen molar-refractivity contribution in [2.75, 3.05) is 0 Å². The average molecular weight is 355 g/mol. The number of carbonyl (C=O) groups is 1. The number of hydrogen-bond acceptors (Lipinski definition) is 2. The van der Waals surface area contributed by atoms with Gasteiger partial charge in [0.1, 0.15) is 0 Å². The molecule has 0 saturated carbocycles. The molecule has 3 heteroatoms. The Morgan fingerprint density at radius 2 is 1.84 bits per heavy atom. The lowest BCUT2D eigenvalue weighted by atomic mass is 9.92. The molecule has 0 unspecified atom stereocenters. The van der Waals surface area contributed by atoms with Crippen LogP contribution in [0.15, 0.2) is 48.6 Å². The van der Waals surface area contributed by atoms with Gasteiger partial charge in [-0.1, -0.05) is 64.1 Å². The first-order valence-electron chi connectivity index (χ1n) is 9.52. The Labute approximate surface area is 153 Å². The minimum absolute atomic E-state index is 0.0226. The molecule has 0 spiro atoms. The second-order valence-corrected chi connectivity index (χ2v) is 13.0. The minimum Gasteiger partial charge on any atom is -0.409 e. The predicted molar refractivity (Wildman–Crippen MR) is 107 cm³/mol. The fourth-order valence-electron chi connectivity index (χ4n) is 4.84. The topological polar surface area (TPSA) is 26.3 Å². The summed E-state index contributed by atoms with van der Waals surface area (Å²) in [5.74, 6) is 0.652. The van der Waals surface area contributed by atoms with Gasteiger partial charge in [0.15, 0.2) is 14.1 Å². The summed E-state index contributed by atoms with van der Waals surface area (Å²) < 4.78 is 6.91.